The van der Waals surface area contributed by atoms with Crippen LogP contribution in [0.2, 0.25) is 0 Å². The zero-order valence-electron chi connectivity index (χ0n) is 18.8. The van der Waals surface area contributed by atoms with Crippen LogP contribution in [-0.4, -0.2) is 40.1 Å². The summed E-state index contributed by atoms with van der Waals surface area (Å²) in [7, 11) is 0. The van der Waals surface area contributed by atoms with E-state index in [1.165, 1.54) is 5.01 Å². The van der Waals surface area contributed by atoms with Gasteiger partial charge in [-0.25, -0.2) is 5.84 Å². The summed E-state index contributed by atoms with van der Waals surface area (Å²) in [6.45, 7) is 2.13. The minimum absolute atomic E-state index is 0.0537. The Morgan fingerprint density at radius 2 is 1.67 bits per heavy atom. The SMILES string of the molecule is CC(=O)c1ccc(-c2ccc(CC(CO)N(N)/C=C(\N)CCNc3ccncc3)cc2)cc1. The number of anilines is 1. The number of hydrazine groups is 1. The average molecular weight is 446 g/mol. The van der Waals surface area contributed by atoms with Crippen LogP contribution in [0.15, 0.2) is 85.0 Å². The third kappa shape index (κ3) is 7.17. The number of pyridine rings is 1. The second-order valence-corrected chi connectivity index (χ2v) is 7.93. The zero-order chi connectivity index (χ0) is 23.6. The molecule has 1 heterocycles. The first-order chi connectivity index (χ1) is 16.0. The van der Waals surface area contributed by atoms with Crippen molar-refractivity contribution in [1.82, 2.24) is 9.99 Å². The van der Waals surface area contributed by atoms with E-state index in [1.54, 1.807) is 25.5 Å². The molecular formula is C26H31N5O2. The first kappa shape index (κ1) is 24.0. The van der Waals surface area contributed by atoms with Gasteiger partial charge >= 0.3 is 0 Å². The fourth-order valence-electron chi connectivity index (χ4n) is 3.45. The quantitative estimate of drug-likeness (QED) is 0.203. The molecule has 33 heavy (non-hydrogen) atoms. The summed E-state index contributed by atoms with van der Waals surface area (Å²) in [6.07, 6.45) is 6.33. The molecular weight excluding hydrogens is 414 g/mol. The molecule has 1 aromatic heterocycles. The van der Waals surface area contributed by atoms with Crippen molar-refractivity contribution in [3.8, 4) is 11.1 Å². The second kappa shape index (κ2) is 11.8. The van der Waals surface area contributed by atoms with Crippen LogP contribution in [0.4, 0.5) is 5.69 Å². The third-order valence-corrected chi connectivity index (χ3v) is 5.42. The van der Waals surface area contributed by atoms with E-state index >= 15 is 0 Å². The van der Waals surface area contributed by atoms with Gasteiger partial charge in [-0.2, -0.15) is 0 Å². The average Bonchev–Trinajstić information content (AvgIpc) is 2.83. The Morgan fingerprint density at radius 1 is 1.06 bits per heavy atom. The van der Waals surface area contributed by atoms with Gasteiger partial charge in [0.15, 0.2) is 5.78 Å². The molecule has 0 aliphatic rings. The Morgan fingerprint density at radius 3 is 2.24 bits per heavy atom. The van der Waals surface area contributed by atoms with Gasteiger partial charge < -0.3 is 21.2 Å². The number of hydrogen-bond acceptors (Lipinski definition) is 7. The van der Waals surface area contributed by atoms with Crippen molar-refractivity contribution in [2.24, 2.45) is 11.6 Å². The van der Waals surface area contributed by atoms with Crippen LogP contribution in [-0.2, 0) is 6.42 Å². The Bertz CT molecular complexity index is 1050. The maximum Gasteiger partial charge on any atom is 0.159 e. The van der Waals surface area contributed by atoms with E-state index in [2.05, 4.69) is 10.3 Å². The molecule has 0 radical (unpaired) electrons. The molecule has 0 aliphatic heterocycles. The van der Waals surface area contributed by atoms with Gasteiger partial charge in [-0.05, 0) is 42.2 Å². The van der Waals surface area contributed by atoms with Crippen molar-refractivity contribution >= 4 is 11.5 Å². The molecule has 6 N–H and O–H groups in total. The van der Waals surface area contributed by atoms with E-state index in [0.717, 1.165) is 22.4 Å². The molecule has 0 saturated carbocycles. The first-order valence-electron chi connectivity index (χ1n) is 10.9. The molecule has 2 aromatic carbocycles. The number of rotatable bonds is 11. The zero-order valence-corrected chi connectivity index (χ0v) is 18.8. The number of benzene rings is 2. The molecule has 1 unspecified atom stereocenters. The molecule has 0 bridgehead atoms. The highest BCUT2D eigenvalue weighted by Crippen LogP contribution is 2.21. The summed E-state index contributed by atoms with van der Waals surface area (Å²) in [5.41, 5.74) is 11.6. The molecule has 3 rings (SSSR count). The fourth-order valence-corrected chi connectivity index (χ4v) is 3.45. The first-order valence-corrected chi connectivity index (χ1v) is 10.9. The van der Waals surface area contributed by atoms with Crippen LogP contribution >= 0.6 is 0 Å². The van der Waals surface area contributed by atoms with Crippen molar-refractivity contribution in [2.45, 2.75) is 25.8 Å². The largest absolute Gasteiger partial charge is 0.401 e. The standard InChI is InChI=1S/C26H31N5O2/c1-19(33)21-6-8-23(9-7-21)22-4-2-20(3-5-22)16-26(18-32)31(28)17-24(27)10-15-30-25-11-13-29-14-12-25/h2-9,11-14,17,26,32H,10,15-16,18,27-28H2,1H3,(H,29,30)/b24-17-. The van der Waals surface area contributed by atoms with Crippen LogP contribution in [0.3, 0.4) is 0 Å². The monoisotopic (exact) mass is 445 g/mol. The van der Waals surface area contributed by atoms with E-state index in [4.69, 9.17) is 11.6 Å². The van der Waals surface area contributed by atoms with E-state index in [0.29, 0.717) is 30.6 Å². The van der Waals surface area contributed by atoms with Crippen molar-refractivity contribution in [3.05, 3.63) is 96.1 Å². The molecule has 7 nitrogen and oxygen atoms in total. The lowest BCUT2D eigenvalue weighted by atomic mass is 9.99. The minimum Gasteiger partial charge on any atom is -0.401 e. The van der Waals surface area contributed by atoms with E-state index in [9.17, 15) is 9.90 Å². The predicted molar refractivity (Wildman–Crippen MR) is 132 cm³/mol. The third-order valence-electron chi connectivity index (χ3n) is 5.42. The number of Topliss-reactive ketones (excluding diaryl/α,β-unsaturated/α-hetero) is 1. The maximum atomic E-state index is 11.4. The summed E-state index contributed by atoms with van der Waals surface area (Å²) in [5, 5.41) is 14.6. The van der Waals surface area contributed by atoms with Gasteiger partial charge in [-0.15, -0.1) is 0 Å². The molecule has 7 heteroatoms. The summed E-state index contributed by atoms with van der Waals surface area (Å²) in [6, 6.07) is 19.2. The number of carbonyl (C=O) groups excluding carboxylic acids is 1. The molecule has 0 saturated heterocycles. The van der Waals surface area contributed by atoms with Gasteiger partial charge in [0.2, 0.25) is 0 Å². The number of nitrogens with one attached hydrogen (secondary N) is 1. The highest BCUT2D eigenvalue weighted by atomic mass is 16.3. The normalized spacial score (nSPS) is 12.3. The Kier molecular flexibility index (Phi) is 8.57. The summed E-state index contributed by atoms with van der Waals surface area (Å²) < 4.78 is 0. The molecule has 172 valence electrons. The van der Waals surface area contributed by atoms with E-state index < -0.39 is 0 Å². The second-order valence-electron chi connectivity index (χ2n) is 7.93. The number of ketones is 1. The summed E-state index contributed by atoms with van der Waals surface area (Å²) >= 11 is 0. The van der Waals surface area contributed by atoms with Crippen molar-refractivity contribution in [3.63, 3.8) is 0 Å². The van der Waals surface area contributed by atoms with Crippen molar-refractivity contribution in [1.29, 1.82) is 0 Å². The number of hydrogen-bond donors (Lipinski definition) is 4. The molecule has 0 fully saturated rings. The van der Waals surface area contributed by atoms with Crippen LogP contribution in [0.25, 0.3) is 11.1 Å². The van der Waals surface area contributed by atoms with Crippen LogP contribution in [0.1, 0.15) is 29.3 Å². The lowest BCUT2D eigenvalue weighted by Gasteiger charge is -2.25. The molecule has 0 amide bonds. The van der Waals surface area contributed by atoms with Gasteiger partial charge in [0.25, 0.3) is 0 Å². The minimum atomic E-state index is -0.294. The van der Waals surface area contributed by atoms with Crippen molar-refractivity contribution < 1.29 is 9.90 Å². The Balaban J connectivity index is 1.55. The molecule has 0 aliphatic carbocycles. The number of aliphatic hydroxyl groups excluding tert-OH is 1. The van der Waals surface area contributed by atoms with Gasteiger partial charge in [0.05, 0.1) is 12.6 Å². The highest BCUT2D eigenvalue weighted by molar-refractivity contribution is 5.94. The Labute approximate surface area is 194 Å². The lowest BCUT2D eigenvalue weighted by molar-refractivity contribution is 0.101. The maximum absolute atomic E-state index is 11.4. The lowest BCUT2D eigenvalue weighted by Crippen LogP contribution is -2.41. The highest BCUT2D eigenvalue weighted by Gasteiger charge is 2.13. The number of carbonyl (C=O) groups is 1. The van der Waals surface area contributed by atoms with E-state index in [1.807, 2.05) is 60.7 Å². The molecule has 0 spiro atoms. The summed E-state index contributed by atoms with van der Waals surface area (Å²) in [5.74, 6) is 6.23. The number of aromatic nitrogens is 1. The summed E-state index contributed by atoms with van der Waals surface area (Å²) in [4.78, 5) is 15.4. The number of nitrogens with two attached hydrogens (primary N) is 2. The van der Waals surface area contributed by atoms with Gasteiger partial charge in [-0.1, -0.05) is 48.5 Å². The number of nitrogens with zero attached hydrogens (tertiary/aromatic N) is 2. The predicted octanol–water partition coefficient (Wildman–Crippen LogP) is 3.33. The topological polar surface area (TPSA) is 118 Å². The van der Waals surface area contributed by atoms with Crippen LogP contribution < -0.4 is 16.9 Å². The Hall–Kier alpha value is -3.68. The molecule has 1 atom stereocenters. The smallest absolute Gasteiger partial charge is 0.159 e. The fraction of sp³-hybridized carbons (Fsp3) is 0.231. The van der Waals surface area contributed by atoms with Gasteiger partial charge in [-0.3, -0.25) is 9.78 Å². The van der Waals surface area contributed by atoms with Crippen LogP contribution in [0.5, 0.6) is 0 Å². The number of aliphatic hydroxyl groups is 1. The van der Waals surface area contributed by atoms with E-state index in [-0.39, 0.29) is 18.4 Å². The van der Waals surface area contributed by atoms with Gasteiger partial charge in [0, 0.05) is 48.5 Å². The van der Waals surface area contributed by atoms with Crippen LogP contribution in [0, 0.1) is 0 Å². The van der Waals surface area contributed by atoms with Gasteiger partial charge in [0.1, 0.15) is 0 Å². The van der Waals surface area contributed by atoms with Crippen molar-refractivity contribution in [2.75, 3.05) is 18.5 Å². The molecule has 3 aromatic rings.